The first-order chi connectivity index (χ1) is 12.7. The van der Waals surface area contributed by atoms with Crippen molar-refractivity contribution in [2.24, 2.45) is 5.92 Å². The van der Waals surface area contributed by atoms with Crippen LogP contribution in [0.15, 0.2) is 42.5 Å². The van der Waals surface area contributed by atoms with Gasteiger partial charge in [0.25, 0.3) is 0 Å². The van der Waals surface area contributed by atoms with Gasteiger partial charge in [-0.05, 0) is 49.4 Å². The molecule has 2 rings (SSSR count). The molecule has 0 saturated heterocycles. The number of rotatable bonds is 7. The van der Waals surface area contributed by atoms with E-state index in [-0.39, 0.29) is 5.91 Å². The van der Waals surface area contributed by atoms with E-state index >= 15 is 0 Å². The number of hydrogen-bond acceptors (Lipinski definition) is 3. The van der Waals surface area contributed by atoms with Crippen LogP contribution < -0.4 is 5.32 Å². The number of esters is 1. The van der Waals surface area contributed by atoms with E-state index in [9.17, 15) is 9.59 Å². The third-order valence-corrected chi connectivity index (χ3v) is 4.28. The van der Waals surface area contributed by atoms with Crippen molar-refractivity contribution in [2.75, 3.05) is 0 Å². The molecule has 2 aromatic rings. The standard InChI is InChI=1S/C23H31NO3/c1-16(2)13-14-21(25)24-20(22(26)27-23(3,4)5)15-18-11-8-10-17-9-6-7-12-19(17)18/h6-12,16,20H,13-15H2,1-5H3,(H,24,25). The SMILES string of the molecule is CC(C)CCC(=O)NC(Cc1cccc2ccccc12)C(=O)OC(C)(C)C. The molecule has 1 atom stereocenters. The monoisotopic (exact) mass is 369 g/mol. The fourth-order valence-electron chi connectivity index (χ4n) is 2.94. The number of benzene rings is 2. The van der Waals surface area contributed by atoms with Gasteiger partial charge >= 0.3 is 5.97 Å². The molecule has 0 aliphatic heterocycles. The summed E-state index contributed by atoms with van der Waals surface area (Å²) in [6.45, 7) is 9.66. The summed E-state index contributed by atoms with van der Waals surface area (Å²) < 4.78 is 5.56. The number of carbonyl (C=O) groups excluding carboxylic acids is 2. The van der Waals surface area contributed by atoms with E-state index < -0.39 is 17.6 Å². The van der Waals surface area contributed by atoms with Crippen LogP contribution in [0.3, 0.4) is 0 Å². The maximum Gasteiger partial charge on any atom is 0.329 e. The Morgan fingerprint density at radius 2 is 1.70 bits per heavy atom. The van der Waals surface area contributed by atoms with Gasteiger partial charge in [0.15, 0.2) is 0 Å². The Morgan fingerprint density at radius 3 is 2.37 bits per heavy atom. The number of ether oxygens (including phenoxy) is 1. The largest absolute Gasteiger partial charge is 0.458 e. The van der Waals surface area contributed by atoms with Crippen LogP contribution in [0.4, 0.5) is 0 Å². The van der Waals surface area contributed by atoms with Crippen molar-refractivity contribution < 1.29 is 14.3 Å². The summed E-state index contributed by atoms with van der Waals surface area (Å²) in [6, 6.07) is 13.4. The van der Waals surface area contributed by atoms with Crippen LogP contribution in [-0.2, 0) is 20.7 Å². The maximum absolute atomic E-state index is 12.7. The molecule has 0 fully saturated rings. The normalized spacial score (nSPS) is 12.8. The molecule has 0 saturated carbocycles. The highest BCUT2D eigenvalue weighted by Gasteiger charge is 2.27. The van der Waals surface area contributed by atoms with E-state index in [2.05, 4.69) is 19.2 Å². The number of nitrogens with one attached hydrogen (secondary N) is 1. The number of carbonyl (C=O) groups is 2. The minimum atomic E-state index is -0.699. The fraction of sp³-hybridized carbons (Fsp3) is 0.478. The topological polar surface area (TPSA) is 55.4 Å². The lowest BCUT2D eigenvalue weighted by molar-refractivity contribution is -0.158. The molecule has 4 nitrogen and oxygen atoms in total. The molecule has 146 valence electrons. The van der Waals surface area contributed by atoms with Crippen LogP contribution in [0.1, 0.15) is 53.0 Å². The van der Waals surface area contributed by atoms with Gasteiger partial charge in [-0.15, -0.1) is 0 Å². The molecule has 4 heteroatoms. The van der Waals surface area contributed by atoms with Gasteiger partial charge < -0.3 is 10.1 Å². The molecular weight excluding hydrogens is 338 g/mol. The second-order valence-electron chi connectivity index (χ2n) is 8.43. The minimum absolute atomic E-state index is 0.111. The molecule has 1 amide bonds. The number of hydrogen-bond donors (Lipinski definition) is 1. The Kier molecular flexibility index (Phi) is 7.00. The Morgan fingerprint density at radius 1 is 1.04 bits per heavy atom. The molecule has 0 spiro atoms. The van der Waals surface area contributed by atoms with Gasteiger partial charge in [0.2, 0.25) is 5.91 Å². The van der Waals surface area contributed by atoms with Crippen LogP contribution in [0, 0.1) is 5.92 Å². The molecule has 1 unspecified atom stereocenters. The third-order valence-electron chi connectivity index (χ3n) is 4.28. The molecule has 0 heterocycles. The molecule has 0 aromatic heterocycles. The van der Waals surface area contributed by atoms with Gasteiger partial charge in [-0.25, -0.2) is 4.79 Å². The zero-order chi connectivity index (χ0) is 20.0. The second kappa shape index (κ2) is 9.03. The summed E-state index contributed by atoms with van der Waals surface area (Å²) in [4.78, 5) is 25.1. The Bertz CT molecular complexity index is 784. The van der Waals surface area contributed by atoms with E-state index in [1.54, 1.807) is 0 Å². The van der Waals surface area contributed by atoms with Crippen LogP contribution in [0.2, 0.25) is 0 Å². The van der Waals surface area contributed by atoms with Gasteiger partial charge in [-0.1, -0.05) is 56.3 Å². The van der Waals surface area contributed by atoms with Crippen molar-refractivity contribution in [3.05, 3.63) is 48.0 Å². The summed E-state index contributed by atoms with van der Waals surface area (Å²) in [7, 11) is 0. The van der Waals surface area contributed by atoms with Gasteiger partial charge in [0.05, 0.1) is 0 Å². The molecule has 1 N–H and O–H groups in total. The van der Waals surface area contributed by atoms with E-state index in [0.29, 0.717) is 18.8 Å². The highest BCUT2D eigenvalue weighted by molar-refractivity contribution is 5.88. The van der Waals surface area contributed by atoms with Crippen LogP contribution in [0.5, 0.6) is 0 Å². The third kappa shape index (κ3) is 6.70. The first-order valence-electron chi connectivity index (χ1n) is 9.64. The quantitative estimate of drug-likeness (QED) is 0.723. The van der Waals surface area contributed by atoms with E-state index in [0.717, 1.165) is 22.8 Å². The van der Waals surface area contributed by atoms with Gasteiger partial charge in [0, 0.05) is 12.8 Å². The molecule has 27 heavy (non-hydrogen) atoms. The predicted octanol–water partition coefficient (Wildman–Crippen LogP) is 4.65. The molecular formula is C23H31NO3. The molecule has 0 aliphatic rings. The lowest BCUT2D eigenvalue weighted by Gasteiger charge is -2.25. The van der Waals surface area contributed by atoms with Gasteiger partial charge in [0.1, 0.15) is 11.6 Å². The first-order valence-corrected chi connectivity index (χ1v) is 9.64. The minimum Gasteiger partial charge on any atom is -0.458 e. The zero-order valence-electron chi connectivity index (χ0n) is 17.0. The van der Waals surface area contributed by atoms with E-state index in [1.807, 2.05) is 63.2 Å². The van der Waals surface area contributed by atoms with Crippen molar-refractivity contribution in [1.82, 2.24) is 5.32 Å². The van der Waals surface area contributed by atoms with Crippen molar-refractivity contribution in [3.8, 4) is 0 Å². The summed E-state index contributed by atoms with van der Waals surface area (Å²) in [5.41, 5.74) is 0.421. The molecule has 2 aromatic carbocycles. The van der Waals surface area contributed by atoms with Crippen molar-refractivity contribution in [2.45, 2.75) is 65.5 Å². The average molecular weight is 370 g/mol. The number of fused-ring (bicyclic) bond motifs is 1. The van der Waals surface area contributed by atoms with Gasteiger partial charge in [-0.2, -0.15) is 0 Å². The Balaban J connectivity index is 2.22. The lowest BCUT2D eigenvalue weighted by atomic mass is 9.98. The molecule has 0 bridgehead atoms. The number of amides is 1. The zero-order valence-corrected chi connectivity index (χ0v) is 17.0. The van der Waals surface area contributed by atoms with Crippen LogP contribution >= 0.6 is 0 Å². The van der Waals surface area contributed by atoms with E-state index in [1.165, 1.54) is 0 Å². The lowest BCUT2D eigenvalue weighted by Crippen LogP contribution is -2.45. The van der Waals surface area contributed by atoms with Gasteiger partial charge in [-0.3, -0.25) is 4.79 Å². The van der Waals surface area contributed by atoms with Crippen LogP contribution in [0.25, 0.3) is 10.8 Å². The first kappa shape index (κ1) is 20.9. The van der Waals surface area contributed by atoms with Crippen molar-refractivity contribution >= 4 is 22.6 Å². The summed E-state index contributed by atoms with van der Waals surface area (Å²) in [5.74, 6) is -0.0677. The van der Waals surface area contributed by atoms with E-state index in [4.69, 9.17) is 4.74 Å². The predicted molar refractivity (Wildman–Crippen MR) is 109 cm³/mol. The second-order valence-corrected chi connectivity index (χ2v) is 8.43. The Hall–Kier alpha value is -2.36. The van der Waals surface area contributed by atoms with Crippen molar-refractivity contribution in [3.63, 3.8) is 0 Å². The smallest absolute Gasteiger partial charge is 0.329 e. The fourth-order valence-corrected chi connectivity index (χ4v) is 2.94. The molecule has 0 aliphatic carbocycles. The summed E-state index contributed by atoms with van der Waals surface area (Å²) >= 11 is 0. The molecule has 0 radical (unpaired) electrons. The summed E-state index contributed by atoms with van der Waals surface area (Å²) in [6.07, 6.45) is 1.61. The Labute approximate surface area is 162 Å². The highest BCUT2D eigenvalue weighted by Crippen LogP contribution is 2.21. The highest BCUT2D eigenvalue weighted by atomic mass is 16.6. The average Bonchev–Trinajstić information content (AvgIpc) is 2.58. The van der Waals surface area contributed by atoms with Crippen LogP contribution in [-0.4, -0.2) is 23.5 Å². The maximum atomic E-state index is 12.7. The van der Waals surface area contributed by atoms with Crippen molar-refractivity contribution in [1.29, 1.82) is 0 Å². The summed E-state index contributed by atoms with van der Waals surface area (Å²) in [5, 5.41) is 5.10.